The van der Waals surface area contributed by atoms with Crippen LogP contribution in [0.15, 0.2) is 35.3 Å². The SMILES string of the molecule is Cc1ccccc1Cn1[nH]cc(CO)c1=O. The maximum Gasteiger partial charge on any atom is 0.272 e. The highest BCUT2D eigenvalue weighted by molar-refractivity contribution is 5.25. The Kier molecular flexibility index (Phi) is 2.92. The molecule has 2 N–H and O–H groups in total. The molecule has 0 aliphatic rings. The van der Waals surface area contributed by atoms with Crippen molar-refractivity contribution in [2.24, 2.45) is 0 Å². The van der Waals surface area contributed by atoms with E-state index in [0.29, 0.717) is 12.1 Å². The van der Waals surface area contributed by atoms with Gasteiger partial charge in [-0.2, -0.15) is 0 Å². The summed E-state index contributed by atoms with van der Waals surface area (Å²) < 4.78 is 1.49. The predicted molar refractivity (Wildman–Crippen MR) is 61.3 cm³/mol. The number of rotatable bonds is 3. The minimum atomic E-state index is -0.226. The molecule has 4 heteroatoms. The lowest BCUT2D eigenvalue weighted by molar-refractivity contribution is 0.280. The van der Waals surface area contributed by atoms with Crippen molar-refractivity contribution in [3.63, 3.8) is 0 Å². The van der Waals surface area contributed by atoms with Crippen molar-refractivity contribution < 1.29 is 5.11 Å². The van der Waals surface area contributed by atoms with Gasteiger partial charge in [0, 0.05) is 6.20 Å². The number of H-pyrrole nitrogens is 1. The lowest BCUT2D eigenvalue weighted by atomic mass is 10.1. The molecule has 0 aliphatic carbocycles. The first-order valence-corrected chi connectivity index (χ1v) is 5.15. The van der Waals surface area contributed by atoms with Gasteiger partial charge in [-0.15, -0.1) is 0 Å². The van der Waals surface area contributed by atoms with E-state index >= 15 is 0 Å². The molecule has 1 aromatic heterocycles. The van der Waals surface area contributed by atoms with Crippen LogP contribution in [0.2, 0.25) is 0 Å². The van der Waals surface area contributed by atoms with Crippen LogP contribution in [0.25, 0.3) is 0 Å². The maximum atomic E-state index is 11.7. The lowest BCUT2D eigenvalue weighted by Crippen LogP contribution is -2.20. The lowest BCUT2D eigenvalue weighted by Gasteiger charge is -2.05. The molecule has 0 amide bonds. The molecule has 1 aromatic carbocycles. The summed E-state index contributed by atoms with van der Waals surface area (Å²) in [6, 6.07) is 7.91. The fourth-order valence-corrected chi connectivity index (χ4v) is 1.64. The molecule has 0 spiro atoms. The van der Waals surface area contributed by atoms with Gasteiger partial charge in [0.15, 0.2) is 0 Å². The van der Waals surface area contributed by atoms with E-state index in [2.05, 4.69) is 5.10 Å². The van der Waals surface area contributed by atoms with E-state index in [9.17, 15) is 4.79 Å². The Balaban J connectivity index is 2.31. The van der Waals surface area contributed by atoms with Gasteiger partial charge in [-0.05, 0) is 18.1 Å². The third kappa shape index (κ3) is 1.92. The molecule has 0 atom stereocenters. The van der Waals surface area contributed by atoms with Gasteiger partial charge in [-0.25, -0.2) is 4.68 Å². The number of hydrogen-bond acceptors (Lipinski definition) is 2. The minimum Gasteiger partial charge on any atom is -0.391 e. The van der Waals surface area contributed by atoms with Crippen molar-refractivity contribution in [2.45, 2.75) is 20.1 Å². The topological polar surface area (TPSA) is 58.0 Å². The van der Waals surface area contributed by atoms with Gasteiger partial charge in [-0.3, -0.25) is 4.79 Å². The molecule has 1 heterocycles. The normalized spacial score (nSPS) is 10.6. The molecule has 4 nitrogen and oxygen atoms in total. The maximum absolute atomic E-state index is 11.7. The van der Waals surface area contributed by atoms with Gasteiger partial charge in [0.25, 0.3) is 5.56 Å². The summed E-state index contributed by atoms with van der Waals surface area (Å²) in [6.45, 7) is 2.29. The summed E-state index contributed by atoms with van der Waals surface area (Å²) in [7, 11) is 0. The van der Waals surface area contributed by atoms with E-state index in [-0.39, 0.29) is 12.2 Å². The second-order valence-corrected chi connectivity index (χ2v) is 3.77. The van der Waals surface area contributed by atoms with Crippen LogP contribution in [0, 0.1) is 6.92 Å². The van der Waals surface area contributed by atoms with E-state index in [1.165, 1.54) is 4.68 Å². The van der Waals surface area contributed by atoms with E-state index in [4.69, 9.17) is 5.11 Å². The fraction of sp³-hybridized carbons (Fsp3) is 0.250. The summed E-state index contributed by atoms with van der Waals surface area (Å²) >= 11 is 0. The van der Waals surface area contributed by atoms with Crippen LogP contribution < -0.4 is 5.56 Å². The van der Waals surface area contributed by atoms with E-state index < -0.39 is 0 Å². The summed E-state index contributed by atoms with van der Waals surface area (Å²) in [5, 5.41) is 11.8. The first-order chi connectivity index (χ1) is 7.72. The highest BCUT2D eigenvalue weighted by atomic mass is 16.3. The standard InChI is InChI=1S/C12H14N2O2/c1-9-4-2-3-5-10(9)7-14-12(16)11(8-15)6-13-14/h2-6,13,15H,7-8H2,1H3. The Hall–Kier alpha value is -1.81. The van der Waals surface area contributed by atoms with Gasteiger partial charge in [-0.1, -0.05) is 24.3 Å². The number of nitrogens with zero attached hydrogens (tertiary/aromatic N) is 1. The molecular formula is C12H14N2O2. The molecule has 16 heavy (non-hydrogen) atoms. The Morgan fingerprint density at radius 1 is 1.31 bits per heavy atom. The van der Waals surface area contributed by atoms with Crippen LogP contribution >= 0.6 is 0 Å². The summed E-state index contributed by atoms with van der Waals surface area (Å²) in [5.74, 6) is 0. The van der Waals surface area contributed by atoms with Crippen molar-refractivity contribution in [3.8, 4) is 0 Å². The van der Waals surface area contributed by atoms with Crippen LogP contribution in [-0.4, -0.2) is 14.9 Å². The molecule has 0 fully saturated rings. The van der Waals surface area contributed by atoms with Gasteiger partial charge in [0.05, 0.1) is 18.7 Å². The third-order valence-electron chi connectivity index (χ3n) is 2.67. The zero-order valence-electron chi connectivity index (χ0n) is 9.10. The number of nitrogens with one attached hydrogen (secondary N) is 1. The van der Waals surface area contributed by atoms with Gasteiger partial charge >= 0.3 is 0 Å². The first-order valence-electron chi connectivity index (χ1n) is 5.15. The monoisotopic (exact) mass is 218 g/mol. The van der Waals surface area contributed by atoms with Crippen molar-refractivity contribution in [1.82, 2.24) is 9.78 Å². The Morgan fingerprint density at radius 2 is 2.06 bits per heavy atom. The molecule has 0 bridgehead atoms. The molecule has 0 saturated carbocycles. The Labute approximate surface area is 93.1 Å². The van der Waals surface area contributed by atoms with Crippen LogP contribution in [0.4, 0.5) is 0 Å². The van der Waals surface area contributed by atoms with Crippen molar-refractivity contribution in [3.05, 3.63) is 57.5 Å². The number of aromatic amines is 1. The molecule has 0 radical (unpaired) electrons. The average molecular weight is 218 g/mol. The second kappa shape index (κ2) is 4.37. The zero-order valence-corrected chi connectivity index (χ0v) is 9.10. The fourth-order valence-electron chi connectivity index (χ4n) is 1.64. The van der Waals surface area contributed by atoms with Gasteiger partial charge in [0.1, 0.15) is 0 Å². The number of aromatic nitrogens is 2. The minimum absolute atomic E-state index is 0.161. The average Bonchev–Trinajstić information content (AvgIpc) is 2.63. The summed E-state index contributed by atoms with van der Waals surface area (Å²) in [6.07, 6.45) is 1.54. The van der Waals surface area contributed by atoms with Crippen LogP contribution in [0.5, 0.6) is 0 Å². The molecule has 2 rings (SSSR count). The van der Waals surface area contributed by atoms with E-state index in [1.807, 2.05) is 31.2 Å². The highest BCUT2D eigenvalue weighted by Crippen LogP contribution is 2.07. The first kappa shape index (κ1) is 10.7. The van der Waals surface area contributed by atoms with Crippen molar-refractivity contribution >= 4 is 0 Å². The van der Waals surface area contributed by atoms with Crippen LogP contribution in [0.1, 0.15) is 16.7 Å². The van der Waals surface area contributed by atoms with Gasteiger partial charge in [0.2, 0.25) is 0 Å². The van der Waals surface area contributed by atoms with Crippen molar-refractivity contribution in [1.29, 1.82) is 0 Å². The predicted octanol–water partition coefficient (Wildman–Crippen LogP) is 1.03. The molecule has 0 saturated heterocycles. The van der Waals surface area contributed by atoms with Crippen molar-refractivity contribution in [2.75, 3.05) is 0 Å². The molecule has 84 valence electrons. The van der Waals surface area contributed by atoms with E-state index in [1.54, 1.807) is 6.20 Å². The number of hydrogen-bond donors (Lipinski definition) is 2. The van der Waals surface area contributed by atoms with Crippen LogP contribution in [0.3, 0.4) is 0 Å². The number of benzene rings is 1. The largest absolute Gasteiger partial charge is 0.391 e. The number of aliphatic hydroxyl groups excluding tert-OH is 1. The van der Waals surface area contributed by atoms with E-state index in [0.717, 1.165) is 11.1 Å². The Morgan fingerprint density at radius 3 is 2.69 bits per heavy atom. The molecule has 2 aromatic rings. The number of aliphatic hydroxyl groups is 1. The zero-order chi connectivity index (χ0) is 11.5. The van der Waals surface area contributed by atoms with Gasteiger partial charge < -0.3 is 10.2 Å². The van der Waals surface area contributed by atoms with Crippen LogP contribution in [-0.2, 0) is 13.2 Å². The highest BCUT2D eigenvalue weighted by Gasteiger charge is 2.06. The number of aryl methyl sites for hydroxylation is 1. The smallest absolute Gasteiger partial charge is 0.272 e. The molecule has 0 unspecified atom stereocenters. The summed E-state index contributed by atoms with van der Waals surface area (Å²) in [5.41, 5.74) is 2.48. The Bertz CT molecular complexity index is 540. The third-order valence-corrected chi connectivity index (χ3v) is 2.67. The quantitative estimate of drug-likeness (QED) is 0.808. The second-order valence-electron chi connectivity index (χ2n) is 3.77. The summed E-state index contributed by atoms with van der Waals surface area (Å²) in [4.78, 5) is 11.7. The molecular weight excluding hydrogens is 204 g/mol. The molecule has 0 aliphatic heterocycles.